The molecule has 0 fully saturated rings. The predicted octanol–water partition coefficient (Wildman–Crippen LogP) is 5.53. The minimum absolute atomic E-state index is 0.0273. The number of benzene rings is 3. The van der Waals surface area contributed by atoms with Crippen LogP contribution in [-0.4, -0.2) is 34.6 Å². The van der Waals surface area contributed by atoms with Crippen LogP contribution in [0.3, 0.4) is 0 Å². The van der Waals surface area contributed by atoms with Crippen molar-refractivity contribution in [2.75, 3.05) is 5.75 Å². The van der Waals surface area contributed by atoms with Gasteiger partial charge in [-0.3, -0.25) is 9.59 Å². The number of aryl methyl sites for hydroxylation is 1. The molecule has 0 radical (unpaired) electrons. The van der Waals surface area contributed by atoms with Crippen LogP contribution in [0.25, 0.3) is 0 Å². The summed E-state index contributed by atoms with van der Waals surface area (Å²) in [6.07, 6.45) is 0.349. The molecular formula is C29H33FN2O2S. The van der Waals surface area contributed by atoms with Crippen LogP contribution in [0.2, 0.25) is 0 Å². The van der Waals surface area contributed by atoms with Crippen molar-refractivity contribution in [3.8, 4) is 0 Å². The van der Waals surface area contributed by atoms with Gasteiger partial charge in [0.05, 0.1) is 5.75 Å². The van der Waals surface area contributed by atoms with E-state index in [0.717, 1.165) is 11.1 Å². The third-order valence-corrected chi connectivity index (χ3v) is 6.57. The largest absolute Gasteiger partial charge is 0.352 e. The highest BCUT2D eigenvalue weighted by Gasteiger charge is 2.31. The zero-order chi connectivity index (χ0) is 25.2. The standard InChI is InChI=1S/C29H33FN2O2S/c1-21(2)31-29(34)27(17-23-11-5-4-6-12-23)32(18-25-14-7-8-15-26(25)30)28(33)20-35-19-24-13-9-10-22(3)16-24/h4-16,21,27H,17-20H2,1-3H3,(H,31,34). The summed E-state index contributed by atoms with van der Waals surface area (Å²) in [5.74, 6) is 0.0638. The number of amides is 2. The Morgan fingerprint density at radius 1 is 0.943 bits per heavy atom. The summed E-state index contributed by atoms with van der Waals surface area (Å²) in [7, 11) is 0. The van der Waals surface area contributed by atoms with E-state index in [9.17, 15) is 14.0 Å². The monoisotopic (exact) mass is 492 g/mol. The Hall–Kier alpha value is -3.12. The van der Waals surface area contributed by atoms with Gasteiger partial charge in [-0.05, 0) is 38.0 Å². The first kappa shape index (κ1) is 26.5. The van der Waals surface area contributed by atoms with Crippen molar-refractivity contribution in [2.45, 2.75) is 51.6 Å². The molecule has 0 aliphatic rings. The minimum atomic E-state index is -0.758. The van der Waals surface area contributed by atoms with Crippen LogP contribution in [0, 0.1) is 12.7 Å². The van der Waals surface area contributed by atoms with E-state index >= 15 is 0 Å². The van der Waals surface area contributed by atoms with Crippen LogP contribution in [0.5, 0.6) is 0 Å². The zero-order valence-corrected chi connectivity index (χ0v) is 21.4. The molecule has 1 unspecified atom stereocenters. The van der Waals surface area contributed by atoms with Gasteiger partial charge in [0.15, 0.2) is 0 Å². The molecule has 0 aliphatic carbocycles. The molecule has 0 saturated carbocycles. The lowest BCUT2D eigenvalue weighted by Gasteiger charge is -2.32. The highest BCUT2D eigenvalue weighted by atomic mass is 32.2. The number of thioether (sulfide) groups is 1. The molecule has 0 saturated heterocycles. The predicted molar refractivity (Wildman–Crippen MR) is 142 cm³/mol. The Morgan fingerprint density at radius 3 is 2.31 bits per heavy atom. The molecule has 2 amide bonds. The van der Waals surface area contributed by atoms with Gasteiger partial charge in [0.1, 0.15) is 11.9 Å². The molecule has 0 bridgehead atoms. The second-order valence-corrected chi connectivity index (χ2v) is 9.95. The van der Waals surface area contributed by atoms with E-state index in [1.807, 2.05) is 69.3 Å². The summed E-state index contributed by atoms with van der Waals surface area (Å²) < 4.78 is 14.6. The lowest BCUT2D eigenvalue weighted by Crippen LogP contribution is -2.52. The molecule has 3 aromatic carbocycles. The van der Waals surface area contributed by atoms with E-state index < -0.39 is 6.04 Å². The summed E-state index contributed by atoms with van der Waals surface area (Å²) >= 11 is 1.50. The first-order valence-corrected chi connectivity index (χ1v) is 13.0. The highest BCUT2D eigenvalue weighted by Crippen LogP contribution is 2.20. The van der Waals surface area contributed by atoms with Crippen LogP contribution in [-0.2, 0) is 28.3 Å². The van der Waals surface area contributed by atoms with Gasteiger partial charge in [-0.25, -0.2) is 4.39 Å². The Kier molecular flexibility index (Phi) is 9.91. The van der Waals surface area contributed by atoms with Crippen molar-refractivity contribution in [2.24, 2.45) is 0 Å². The van der Waals surface area contributed by atoms with Crippen LogP contribution in [0.1, 0.15) is 36.1 Å². The fraction of sp³-hybridized carbons (Fsp3) is 0.310. The van der Waals surface area contributed by atoms with E-state index in [2.05, 4.69) is 11.4 Å². The van der Waals surface area contributed by atoms with Crippen molar-refractivity contribution in [1.82, 2.24) is 10.2 Å². The third kappa shape index (κ3) is 8.25. The van der Waals surface area contributed by atoms with Gasteiger partial charge < -0.3 is 10.2 Å². The smallest absolute Gasteiger partial charge is 0.243 e. The number of carbonyl (C=O) groups excluding carboxylic acids is 2. The first-order valence-electron chi connectivity index (χ1n) is 11.8. The van der Waals surface area contributed by atoms with E-state index in [1.165, 1.54) is 28.3 Å². The van der Waals surface area contributed by atoms with Crippen LogP contribution >= 0.6 is 11.8 Å². The molecule has 1 atom stereocenters. The Balaban J connectivity index is 1.85. The van der Waals surface area contributed by atoms with E-state index in [1.54, 1.807) is 18.2 Å². The molecule has 0 aromatic heterocycles. The lowest BCUT2D eigenvalue weighted by molar-refractivity contribution is -0.139. The lowest BCUT2D eigenvalue weighted by atomic mass is 10.0. The van der Waals surface area contributed by atoms with Gasteiger partial charge in [0, 0.05) is 30.3 Å². The fourth-order valence-electron chi connectivity index (χ4n) is 3.89. The van der Waals surface area contributed by atoms with E-state index in [0.29, 0.717) is 17.7 Å². The molecule has 0 spiro atoms. The normalized spacial score (nSPS) is 11.8. The van der Waals surface area contributed by atoms with Crippen molar-refractivity contribution in [3.63, 3.8) is 0 Å². The number of nitrogens with one attached hydrogen (secondary N) is 1. The van der Waals surface area contributed by atoms with Crippen molar-refractivity contribution >= 4 is 23.6 Å². The molecule has 4 nitrogen and oxygen atoms in total. The molecule has 0 heterocycles. The molecule has 3 rings (SSSR count). The number of halogens is 1. The third-order valence-electron chi connectivity index (χ3n) is 5.58. The van der Waals surface area contributed by atoms with Crippen molar-refractivity contribution in [1.29, 1.82) is 0 Å². The van der Waals surface area contributed by atoms with Crippen molar-refractivity contribution < 1.29 is 14.0 Å². The Bertz CT molecular complexity index is 1120. The average molecular weight is 493 g/mol. The van der Waals surface area contributed by atoms with Crippen molar-refractivity contribution in [3.05, 3.63) is 107 Å². The number of hydrogen-bond acceptors (Lipinski definition) is 3. The summed E-state index contributed by atoms with van der Waals surface area (Å²) in [4.78, 5) is 28.4. The number of carbonyl (C=O) groups is 2. The maximum Gasteiger partial charge on any atom is 0.243 e. The summed E-state index contributed by atoms with van der Waals surface area (Å²) in [5.41, 5.74) is 3.64. The molecule has 0 aliphatic heterocycles. The summed E-state index contributed by atoms with van der Waals surface area (Å²) in [5, 5.41) is 2.95. The van der Waals surface area contributed by atoms with E-state index in [4.69, 9.17) is 0 Å². The summed E-state index contributed by atoms with van der Waals surface area (Å²) in [6, 6.07) is 23.4. The molecule has 6 heteroatoms. The second-order valence-electron chi connectivity index (χ2n) is 8.96. The first-order chi connectivity index (χ1) is 16.8. The van der Waals surface area contributed by atoms with Gasteiger partial charge >= 0.3 is 0 Å². The SMILES string of the molecule is Cc1cccc(CSCC(=O)N(Cc2ccccc2F)C(Cc2ccccc2)C(=O)NC(C)C)c1. The molecule has 1 N–H and O–H groups in total. The number of rotatable bonds is 11. The molecule has 184 valence electrons. The van der Waals surface area contributed by atoms with Crippen LogP contribution in [0.4, 0.5) is 4.39 Å². The van der Waals surface area contributed by atoms with E-state index in [-0.39, 0.29) is 36.0 Å². The average Bonchev–Trinajstić information content (AvgIpc) is 2.82. The summed E-state index contributed by atoms with van der Waals surface area (Å²) in [6.45, 7) is 5.84. The maximum absolute atomic E-state index is 14.6. The Morgan fingerprint density at radius 2 is 1.63 bits per heavy atom. The molecular weight excluding hydrogens is 459 g/mol. The molecule has 3 aromatic rings. The van der Waals surface area contributed by atoms with Gasteiger partial charge in [-0.15, -0.1) is 11.8 Å². The van der Waals surface area contributed by atoms with Gasteiger partial charge in [0.2, 0.25) is 11.8 Å². The quantitative estimate of drug-likeness (QED) is 0.383. The van der Waals surface area contributed by atoms with Gasteiger partial charge in [-0.2, -0.15) is 0 Å². The minimum Gasteiger partial charge on any atom is -0.352 e. The zero-order valence-electron chi connectivity index (χ0n) is 20.5. The fourth-order valence-corrected chi connectivity index (χ4v) is 4.74. The van der Waals surface area contributed by atoms with Crippen LogP contribution < -0.4 is 5.32 Å². The molecule has 35 heavy (non-hydrogen) atoms. The number of hydrogen-bond donors (Lipinski definition) is 1. The van der Waals surface area contributed by atoms with Gasteiger partial charge in [-0.1, -0.05) is 78.4 Å². The van der Waals surface area contributed by atoms with Crippen LogP contribution in [0.15, 0.2) is 78.9 Å². The maximum atomic E-state index is 14.6. The number of nitrogens with zero attached hydrogens (tertiary/aromatic N) is 1. The topological polar surface area (TPSA) is 49.4 Å². The van der Waals surface area contributed by atoms with Gasteiger partial charge in [0.25, 0.3) is 0 Å². The second kappa shape index (κ2) is 13.1. The Labute approximate surface area is 211 Å². The highest BCUT2D eigenvalue weighted by molar-refractivity contribution is 7.99.